The second kappa shape index (κ2) is 5.53. The van der Waals surface area contributed by atoms with Gasteiger partial charge in [-0.15, -0.1) is 0 Å². The molecule has 0 saturated heterocycles. The molecule has 20 heavy (non-hydrogen) atoms. The number of aromatic nitrogens is 1. The number of pyridine rings is 1. The molecule has 0 amide bonds. The van der Waals surface area contributed by atoms with E-state index in [1.54, 1.807) is 12.3 Å². The van der Waals surface area contributed by atoms with Gasteiger partial charge in [0.1, 0.15) is 5.75 Å². The van der Waals surface area contributed by atoms with Crippen molar-refractivity contribution in [1.82, 2.24) is 4.98 Å². The molecule has 0 radical (unpaired) electrons. The van der Waals surface area contributed by atoms with Gasteiger partial charge in [0.15, 0.2) is 6.61 Å². The number of ketones is 1. The van der Waals surface area contributed by atoms with Crippen molar-refractivity contribution in [2.24, 2.45) is 0 Å². The molecule has 0 atom stereocenters. The van der Waals surface area contributed by atoms with Crippen molar-refractivity contribution in [3.05, 3.63) is 72.4 Å². The predicted molar refractivity (Wildman–Crippen MR) is 78.0 cm³/mol. The third-order valence-electron chi connectivity index (χ3n) is 3.06. The van der Waals surface area contributed by atoms with Crippen LogP contribution in [0.3, 0.4) is 0 Å². The van der Waals surface area contributed by atoms with Crippen molar-refractivity contribution in [3.63, 3.8) is 0 Å². The Hall–Kier alpha value is -2.68. The maximum Gasteiger partial charge on any atom is 0.200 e. The molecule has 0 spiro atoms. The third-order valence-corrected chi connectivity index (χ3v) is 3.06. The number of carbonyl (C=O) groups excluding carboxylic acids is 1. The zero-order valence-corrected chi connectivity index (χ0v) is 10.8. The lowest BCUT2D eigenvalue weighted by molar-refractivity contribution is 0.0923. The molecular weight excluding hydrogens is 250 g/mol. The zero-order valence-electron chi connectivity index (χ0n) is 10.8. The molecular formula is C17H13NO2. The third kappa shape index (κ3) is 2.52. The summed E-state index contributed by atoms with van der Waals surface area (Å²) in [5.74, 6) is 0.645. The number of fused-ring (bicyclic) bond motifs is 1. The molecule has 0 N–H and O–H groups in total. The Balaban J connectivity index is 1.82. The molecule has 98 valence electrons. The van der Waals surface area contributed by atoms with Crippen LogP contribution in [0.1, 0.15) is 10.4 Å². The summed E-state index contributed by atoms with van der Waals surface area (Å²) in [5, 5.41) is 0.858. The summed E-state index contributed by atoms with van der Waals surface area (Å²) in [6.45, 7) is 0.0258. The van der Waals surface area contributed by atoms with E-state index in [0.29, 0.717) is 11.3 Å². The van der Waals surface area contributed by atoms with Crippen LogP contribution in [-0.2, 0) is 0 Å². The predicted octanol–water partition coefficient (Wildman–Crippen LogP) is 3.50. The van der Waals surface area contributed by atoms with Crippen molar-refractivity contribution in [2.75, 3.05) is 6.61 Å². The van der Waals surface area contributed by atoms with E-state index in [9.17, 15) is 4.79 Å². The lowest BCUT2D eigenvalue weighted by atomic mass is 10.1. The van der Waals surface area contributed by atoms with Gasteiger partial charge in [-0.1, -0.05) is 36.4 Å². The summed E-state index contributed by atoms with van der Waals surface area (Å²) < 4.78 is 5.50. The van der Waals surface area contributed by atoms with Crippen LogP contribution in [0.2, 0.25) is 0 Å². The second-order valence-corrected chi connectivity index (χ2v) is 4.40. The molecule has 0 unspecified atom stereocenters. The highest BCUT2D eigenvalue weighted by molar-refractivity contribution is 6.08. The Labute approximate surface area is 116 Å². The van der Waals surface area contributed by atoms with E-state index in [1.165, 1.54) is 0 Å². The molecule has 0 aliphatic carbocycles. The fourth-order valence-electron chi connectivity index (χ4n) is 2.09. The van der Waals surface area contributed by atoms with Gasteiger partial charge in [-0.05, 0) is 24.3 Å². The lowest BCUT2D eigenvalue weighted by Crippen LogP contribution is -2.12. The van der Waals surface area contributed by atoms with E-state index >= 15 is 0 Å². The fourth-order valence-corrected chi connectivity index (χ4v) is 2.09. The van der Waals surface area contributed by atoms with E-state index in [-0.39, 0.29) is 12.4 Å². The highest BCUT2D eigenvalue weighted by atomic mass is 16.5. The molecule has 0 saturated carbocycles. The second-order valence-electron chi connectivity index (χ2n) is 4.40. The van der Waals surface area contributed by atoms with Gasteiger partial charge in [0.2, 0.25) is 5.78 Å². The van der Waals surface area contributed by atoms with Gasteiger partial charge >= 0.3 is 0 Å². The molecule has 0 aliphatic heterocycles. The maximum atomic E-state index is 12.3. The molecule has 1 heterocycles. The van der Waals surface area contributed by atoms with E-state index in [1.807, 2.05) is 54.6 Å². The van der Waals surface area contributed by atoms with Crippen molar-refractivity contribution >= 4 is 16.7 Å². The first-order chi connectivity index (χ1) is 9.84. The van der Waals surface area contributed by atoms with Crippen LogP contribution >= 0.6 is 0 Å². The number of carbonyl (C=O) groups is 1. The van der Waals surface area contributed by atoms with E-state index < -0.39 is 0 Å². The Morgan fingerprint density at radius 1 is 0.950 bits per heavy atom. The van der Waals surface area contributed by atoms with Crippen LogP contribution in [0.15, 0.2) is 66.9 Å². The topological polar surface area (TPSA) is 39.2 Å². The normalized spacial score (nSPS) is 10.4. The molecule has 2 aromatic carbocycles. The van der Waals surface area contributed by atoms with Gasteiger partial charge < -0.3 is 4.74 Å². The minimum Gasteiger partial charge on any atom is -0.485 e. The number of rotatable bonds is 4. The Morgan fingerprint density at radius 3 is 2.65 bits per heavy atom. The minimum atomic E-state index is -0.0487. The number of para-hydroxylation sites is 1. The van der Waals surface area contributed by atoms with Crippen LogP contribution < -0.4 is 4.74 Å². The van der Waals surface area contributed by atoms with Crippen LogP contribution in [0.4, 0.5) is 0 Å². The Bertz CT molecular complexity index is 733. The van der Waals surface area contributed by atoms with Gasteiger partial charge in [0.05, 0.1) is 5.52 Å². The van der Waals surface area contributed by atoms with Gasteiger partial charge in [0, 0.05) is 17.1 Å². The summed E-state index contributed by atoms with van der Waals surface area (Å²) >= 11 is 0. The first-order valence-corrected chi connectivity index (χ1v) is 6.39. The van der Waals surface area contributed by atoms with E-state index in [4.69, 9.17) is 4.74 Å². The smallest absolute Gasteiger partial charge is 0.200 e. The molecule has 3 aromatic rings. The number of hydrogen-bond donors (Lipinski definition) is 0. The number of benzene rings is 2. The summed E-state index contributed by atoms with van der Waals surface area (Å²) in [7, 11) is 0. The molecule has 0 aliphatic rings. The summed E-state index contributed by atoms with van der Waals surface area (Å²) in [6.07, 6.45) is 1.72. The lowest BCUT2D eigenvalue weighted by Gasteiger charge is -2.07. The van der Waals surface area contributed by atoms with Crippen molar-refractivity contribution < 1.29 is 9.53 Å². The molecule has 3 heteroatoms. The summed E-state index contributed by atoms with van der Waals surface area (Å²) in [5.41, 5.74) is 1.46. The number of ether oxygens (including phenoxy) is 1. The number of hydrogen-bond acceptors (Lipinski definition) is 3. The standard InChI is InChI=1S/C17H13NO2/c19-17(12-20-13-6-2-1-3-7-13)15-8-4-10-16-14(15)9-5-11-18-16/h1-11H,12H2. The summed E-state index contributed by atoms with van der Waals surface area (Å²) in [4.78, 5) is 16.5. The van der Waals surface area contributed by atoms with Crippen molar-refractivity contribution in [3.8, 4) is 5.75 Å². The highest BCUT2D eigenvalue weighted by Crippen LogP contribution is 2.17. The van der Waals surface area contributed by atoms with E-state index in [2.05, 4.69) is 4.98 Å². The van der Waals surface area contributed by atoms with Gasteiger partial charge in [-0.3, -0.25) is 9.78 Å². The maximum absolute atomic E-state index is 12.3. The van der Waals surface area contributed by atoms with Crippen molar-refractivity contribution in [1.29, 1.82) is 0 Å². The quantitative estimate of drug-likeness (QED) is 0.676. The highest BCUT2D eigenvalue weighted by Gasteiger charge is 2.10. The zero-order chi connectivity index (χ0) is 13.8. The average molecular weight is 263 g/mol. The molecule has 0 bridgehead atoms. The molecule has 3 nitrogen and oxygen atoms in total. The number of Topliss-reactive ketones (excluding diaryl/α,β-unsaturated/α-hetero) is 1. The molecule has 1 aromatic heterocycles. The van der Waals surface area contributed by atoms with Gasteiger partial charge in [-0.25, -0.2) is 0 Å². The Kier molecular flexibility index (Phi) is 3.42. The van der Waals surface area contributed by atoms with Gasteiger partial charge in [0.25, 0.3) is 0 Å². The largest absolute Gasteiger partial charge is 0.485 e. The Morgan fingerprint density at radius 2 is 1.80 bits per heavy atom. The molecule has 3 rings (SSSR count). The monoisotopic (exact) mass is 263 g/mol. The van der Waals surface area contributed by atoms with Crippen LogP contribution in [-0.4, -0.2) is 17.4 Å². The fraction of sp³-hybridized carbons (Fsp3) is 0.0588. The van der Waals surface area contributed by atoms with Crippen LogP contribution in [0.5, 0.6) is 5.75 Å². The number of nitrogens with zero attached hydrogens (tertiary/aromatic N) is 1. The SMILES string of the molecule is O=C(COc1ccccc1)c1cccc2ncccc12. The first-order valence-electron chi connectivity index (χ1n) is 6.39. The van der Waals surface area contributed by atoms with Crippen molar-refractivity contribution in [2.45, 2.75) is 0 Å². The van der Waals surface area contributed by atoms with Gasteiger partial charge in [-0.2, -0.15) is 0 Å². The average Bonchev–Trinajstić information content (AvgIpc) is 2.53. The summed E-state index contributed by atoms with van der Waals surface area (Å²) in [6, 6.07) is 18.6. The van der Waals surface area contributed by atoms with E-state index in [0.717, 1.165) is 10.9 Å². The minimum absolute atomic E-state index is 0.0258. The van der Waals surface area contributed by atoms with Crippen LogP contribution in [0, 0.1) is 0 Å². The first kappa shape index (κ1) is 12.4. The molecule has 0 fully saturated rings. The van der Waals surface area contributed by atoms with Crippen LogP contribution in [0.25, 0.3) is 10.9 Å².